The number of morpholine rings is 1. The number of rotatable bonds is 6. The van der Waals surface area contributed by atoms with Crippen LogP contribution >= 0.6 is 0 Å². The normalized spacial score (nSPS) is 23.9. The standard InChI is InChI=1S/C23H34N2O7S/c1-29-19-3-4-20(30-2)21(16-19)33(27,28)25-8-6-23(7-9-25)17-18(5-12-32-23)15-22(26)24-10-13-31-14-11-24/h3-4,16,18H,5-15,17H2,1-2H3. The van der Waals surface area contributed by atoms with Crippen molar-refractivity contribution in [2.45, 2.75) is 42.6 Å². The van der Waals surface area contributed by atoms with Crippen molar-refractivity contribution in [3.05, 3.63) is 18.2 Å². The Kier molecular flexibility index (Phi) is 7.47. The molecule has 3 heterocycles. The molecule has 3 aliphatic heterocycles. The molecule has 9 nitrogen and oxygen atoms in total. The third-order valence-electron chi connectivity index (χ3n) is 7.04. The molecule has 4 rings (SSSR count). The molecule has 1 aromatic rings. The van der Waals surface area contributed by atoms with Gasteiger partial charge in [0.2, 0.25) is 15.9 Å². The first-order valence-corrected chi connectivity index (χ1v) is 13.0. The molecule has 1 aromatic carbocycles. The quantitative estimate of drug-likeness (QED) is 0.611. The highest BCUT2D eigenvalue weighted by Crippen LogP contribution is 2.41. The molecule has 1 unspecified atom stereocenters. The predicted molar refractivity (Wildman–Crippen MR) is 121 cm³/mol. The van der Waals surface area contributed by atoms with E-state index in [1.165, 1.54) is 24.6 Å². The molecule has 3 fully saturated rings. The number of ether oxygens (including phenoxy) is 4. The Balaban J connectivity index is 1.40. The molecule has 10 heteroatoms. The highest BCUT2D eigenvalue weighted by atomic mass is 32.2. The van der Waals surface area contributed by atoms with E-state index in [4.69, 9.17) is 18.9 Å². The number of carbonyl (C=O) groups is 1. The van der Waals surface area contributed by atoms with E-state index >= 15 is 0 Å². The molecule has 1 spiro atoms. The molecule has 1 amide bonds. The number of amides is 1. The minimum absolute atomic E-state index is 0.110. The van der Waals surface area contributed by atoms with Gasteiger partial charge in [0.25, 0.3) is 0 Å². The molecule has 0 radical (unpaired) electrons. The maximum absolute atomic E-state index is 13.4. The van der Waals surface area contributed by atoms with Crippen LogP contribution in [-0.4, -0.2) is 89.4 Å². The number of carbonyl (C=O) groups excluding carboxylic acids is 1. The Bertz CT molecular complexity index is 938. The lowest BCUT2D eigenvalue weighted by Crippen LogP contribution is -2.51. The Morgan fingerprint density at radius 2 is 1.82 bits per heavy atom. The molecule has 0 aliphatic carbocycles. The van der Waals surface area contributed by atoms with Crippen LogP contribution in [0, 0.1) is 5.92 Å². The SMILES string of the molecule is COc1ccc(OC)c(S(=O)(=O)N2CCC3(CC2)CC(CC(=O)N2CCOCC2)CCO3)c1. The Morgan fingerprint density at radius 1 is 1.09 bits per heavy atom. The van der Waals surface area contributed by atoms with Crippen LogP contribution in [0.3, 0.4) is 0 Å². The van der Waals surface area contributed by atoms with Crippen LogP contribution in [0.2, 0.25) is 0 Å². The van der Waals surface area contributed by atoms with Crippen LogP contribution in [-0.2, 0) is 24.3 Å². The zero-order valence-electron chi connectivity index (χ0n) is 19.5. The molecule has 0 bridgehead atoms. The molecular formula is C23H34N2O7S. The number of sulfonamides is 1. The molecule has 0 N–H and O–H groups in total. The summed E-state index contributed by atoms with van der Waals surface area (Å²) in [4.78, 5) is 14.7. The average molecular weight is 483 g/mol. The lowest BCUT2D eigenvalue weighted by Gasteiger charge is -2.46. The van der Waals surface area contributed by atoms with Gasteiger partial charge in [-0.2, -0.15) is 4.31 Å². The molecule has 0 saturated carbocycles. The number of piperidine rings is 1. The second-order valence-corrected chi connectivity index (χ2v) is 10.9. The second kappa shape index (κ2) is 10.2. The van der Waals surface area contributed by atoms with E-state index in [0.29, 0.717) is 76.8 Å². The van der Waals surface area contributed by atoms with Crippen LogP contribution < -0.4 is 9.47 Å². The summed E-state index contributed by atoms with van der Waals surface area (Å²) in [6.45, 7) is 3.87. The minimum atomic E-state index is -3.74. The molecular weight excluding hydrogens is 448 g/mol. The largest absolute Gasteiger partial charge is 0.497 e. The average Bonchev–Trinajstić information content (AvgIpc) is 2.84. The predicted octanol–water partition coefficient (Wildman–Crippen LogP) is 1.90. The fourth-order valence-electron chi connectivity index (χ4n) is 5.10. The first-order valence-electron chi connectivity index (χ1n) is 11.6. The van der Waals surface area contributed by atoms with Crippen LogP contribution in [0.25, 0.3) is 0 Å². The van der Waals surface area contributed by atoms with E-state index in [0.717, 1.165) is 12.8 Å². The van der Waals surface area contributed by atoms with E-state index in [-0.39, 0.29) is 22.3 Å². The fraction of sp³-hybridized carbons (Fsp3) is 0.696. The van der Waals surface area contributed by atoms with E-state index in [1.807, 2.05) is 4.90 Å². The van der Waals surface area contributed by atoms with Crippen molar-refractivity contribution in [1.29, 1.82) is 0 Å². The number of hydrogen-bond donors (Lipinski definition) is 0. The Labute approximate surface area is 196 Å². The third-order valence-corrected chi connectivity index (χ3v) is 8.96. The summed E-state index contributed by atoms with van der Waals surface area (Å²) < 4.78 is 50.3. The summed E-state index contributed by atoms with van der Waals surface area (Å²) >= 11 is 0. The van der Waals surface area contributed by atoms with E-state index in [1.54, 1.807) is 12.1 Å². The van der Waals surface area contributed by atoms with Gasteiger partial charge in [0.1, 0.15) is 16.4 Å². The van der Waals surface area contributed by atoms with Gasteiger partial charge in [0.15, 0.2) is 0 Å². The maximum atomic E-state index is 13.4. The van der Waals surface area contributed by atoms with Gasteiger partial charge < -0.3 is 23.8 Å². The lowest BCUT2D eigenvalue weighted by atomic mass is 9.78. The van der Waals surface area contributed by atoms with E-state index < -0.39 is 10.0 Å². The van der Waals surface area contributed by atoms with Crippen molar-refractivity contribution in [3.8, 4) is 11.5 Å². The zero-order chi connectivity index (χ0) is 23.5. The monoisotopic (exact) mass is 482 g/mol. The molecule has 3 saturated heterocycles. The number of nitrogens with zero attached hydrogens (tertiary/aromatic N) is 2. The summed E-state index contributed by atoms with van der Waals surface area (Å²) in [6.07, 6.45) is 3.40. The first kappa shape index (κ1) is 24.3. The van der Waals surface area contributed by atoms with Gasteiger partial charge in [-0.15, -0.1) is 0 Å². The number of methoxy groups -OCH3 is 2. The van der Waals surface area contributed by atoms with Crippen molar-refractivity contribution < 1.29 is 32.2 Å². The van der Waals surface area contributed by atoms with Crippen molar-refractivity contribution in [2.75, 3.05) is 60.2 Å². The summed E-state index contributed by atoms with van der Waals surface area (Å²) in [5.74, 6) is 1.21. The fourth-order valence-corrected chi connectivity index (χ4v) is 6.71. The molecule has 1 atom stereocenters. The van der Waals surface area contributed by atoms with Crippen molar-refractivity contribution in [2.24, 2.45) is 5.92 Å². The molecule has 184 valence electrons. The third kappa shape index (κ3) is 5.29. The summed E-state index contributed by atoms with van der Waals surface area (Å²) in [5, 5.41) is 0. The highest BCUT2D eigenvalue weighted by molar-refractivity contribution is 7.89. The van der Waals surface area contributed by atoms with Gasteiger partial charge in [0, 0.05) is 45.3 Å². The van der Waals surface area contributed by atoms with Gasteiger partial charge in [-0.3, -0.25) is 4.79 Å². The Morgan fingerprint density at radius 3 is 2.48 bits per heavy atom. The maximum Gasteiger partial charge on any atom is 0.246 e. The van der Waals surface area contributed by atoms with E-state index in [9.17, 15) is 13.2 Å². The topological polar surface area (TPSA) is 94.6 Å². The molecule has 0 aromatic heterocycles. The van der Waals surface area contributed by atoms with Crippen molar-refractivity contribution >= 4 is 15.9 Å². The summed E-state index contributed by atoms with van der Waals surface area (Å²) in [6, 6.07) is 4.79. The van der Waals surface area contributed by atoms with Crippen LogP contribution in [0.4, 0.5) is 0 Å². The number of benzene rings is 1. The Hall–Kier alpha value is -1.88. The van der Waals surface area contributed by atoms with Crippen molar-refractivity contribution in [1.82, 2.24) is 9.21 Å². The second-order valence-electron chi connectivity index (χ2n) is 9.01. The van der Waals surface area contributed by atoms with Gasteiger partial charge in [-0.1, -0.05) is 0 Å². The first-order chi connectivity index (χ1) is 15.9. The van der Waals surface area contributed by atoms with E-state index in [2.05, 4.69) is 0 Å². The van der Waals surface area contributed by atoms with Gasteiger partial charge >= 0.3 is 0 Å². The minimum Gasteiger partial charge on any atom is -0.497 e. The molecule has 3 aliphatic rings. The zero-order valence-corrected chi connectivity index (χ0v) is 20.3. The summed E-state index contributed by atoms with van der Waals surface area (Å²) in [5.41, 5.74) is -0.362. The molecule has 33 heavy (non-hydrogen) atoms. The highest BCUT2D eigenvalue weighted by Gasteiger charge is 2.43. The smallest absolute Gasteiger partial charge is 0.246 e. The van der Waals surface area contributed by atoms with Crippen LogP contribution in [0.15, 0.2) is 23.1 Å². The summed E-state index contributed by atoms with van der Waals surface area (Å²) in [7, 11) is -0.778. The van der Waals surface area contributed by atoms with Gasteiger partial charge in [-0.25, -0.2) is 8.42 Å². The number of hydrogen-bond acceptors (Lipinski definition) is 7. The van der Waals surface area contributed by atoms with Crippen LogP contribution in [0.5, 0.6) is 11.5 Å². The van der Waals surface area contributed by atoms with Crippen molar-refractivity contribution in [3.63, 3.8) is 0 Å². The van der Waals surface area contributed by atoms with Gasteiger partial charge in [0.05, 0.1) is 33.0 Å². The van der Waals surface area contributed by atoms with Gasteiger partial charge in [-0.05, 0) is 43.7 Å². The lowest BCUT2D eigenvalue weighted by molar-refractivity contribution is -0.143. The van der Waals surface area contributed by atoms with Crippen LogP contribution in [0.1, 0.15) is 32.1 Å².